The van der Waals surface area contributed by atoms with E-state index in [4.69, 9.17) is 0 Å². The summed E-state index contributed by atoms with van der Waals surface area (Å²) >= 11 is 0. The lowest BCUT2D eigenvalue weighted by Gasteiger charge is -2.08. The Bertz CT molecular complexity index is 308. The Labute approximate surface area is 97.3 Å². The molecule has 3 nitrogen and oxygen atoms in total. The van der Waals surface area contributed by atoms with Crippen LogP contribution in [0.5, 0.6) is 0 Å². The van der Waals surface area contributed by atoms with Gasteiger partial charge in [0.05, 0.1) is 0 Å². The number of hydrogen-bond acceptors (Lipinski definition) is 3. The topological polar surface area (TPSA) is 46.0 Å². The van der Waals surface area contributed by atoms with Gasteiger partial charge in [0.1, 0.15) is 6.10 Å². The van der Waals surface area contributed by atoms with Crippen LogP contribution in [0, 0.1) is 6.92 Å². The fourth-order valence-corrected chi connectivity index (χ4v) is 1.51. The molecule has 1 rings (SSSR count). The average Bonchev–Trinajstić information content (AvgIpc) is 2.29. The zero-order valence-corrected chi connectivity index (χ0v) is 9.89. The molecule has 16 heavy (non-hydrogen) atoms. The third kappa shape index (κ3) is 4.53. The van der Waals surface area contributed by atoms with Crippen LogP contribution in [-0.2, 0) is 0 Å². The van der Waals surface area contributed by atoms with Crippen LogP contribution < -0.4 is 0 Å². The molecule has 1 heterocycles. The predicted molar refractivity (Wildman–Crippen MR) is 65.0 cm³/mol. The number of aliphatic hydroxyl groups excluding tert-OH is 1. The number of aliphatic hydroxyl groups is 1. The average molecular weight is 220 g/mol. The summed E-state index contributed by atoms with van der Waals surface area (Å²) in [7, 11) is 0. The molecular weight excluding hydrogens is 200 g/mol. The third-order valence-electron chi connectivity index (χ3n) is 2.48. The molecule has 0 aromatic carbocycles. The summed E-state index contributed by atoms with van der Waals surface area (Å²) in [6.07, 6.45) is 9.94. The highest BCUT2D eigenvalue weighted by Gasteiger charge is 2.09. The Kier molecular flexibility index (Phi) is 5.72. The van der Waals surface area contributed by atoms with Crippen LogP contribution in [0.2, 0.25) is 0 Å². The molecule has 1 aromatic rings. The van der Waals surface area contributed by atoms with Gasteiger partial charge in [0, 0.05) is 12.4 Å². The summed E-state index contributed by atoms with van der Waals surface area (Å²) in [5.74, 6) is 0.536. The minimum Gasteiger partial charge on any atom is -0.385 e. The number of aryl methyl sites for hydroxylation is 1. The molecule has 1 unspecified atom stereocenters. The molecule has 0 radical (unpaired) electrons. The van der Waals surface area contributed by atoms with Gasteiger partial charge in [-0.3, -0.25) is 0 Å². The second-order valence-corrected chi connectivity index (χ2v) is 4.06. The number of nitrogens with zero attached hydrogens (tertiary/aromatic N) is 2. The fourth-order valence-electron chi connectivity index (χ4n) is 1.51. The van der Waals surface area contributed by atoms with Gasteiger partial charge in [-0.15, -0.1) is 6.58 Å². The van der Waals surface area contributed by atoms with Crippen molar-refractivity contribution in [3.63, 3.8) is 0 Å². The van der Waals surface area contributed by atoms with E-state index in [1.807, 2.05) is 13.0 Å². The van der Waals surface area contributed by atoms with Crippen LogP contribution in [0.15, 0.2) is 25.0 Å². The first kappa shape index (κ1) is 12.8. The number of allylic oxidation sites excluding steroid dienone is 1. The zero-order valence-electron chi connectivity index (χ0n) is 9.89. The van der Waals surface area contributed by atoms with Gasteiger partial charge >= 0.3 is 0 Å². The van der Waals surface area contributed by atoms with Crippen molar-refractivity contribution < 1.29 is 5.11 Å². The van der Waals surface area contributed by atoms with Crippen LogP contribution >= 0.6 is 0 Å². The molecule has 3 heteroatoms. The minimum absolute atomic E-state index is 0.524. The monoisotopic (exact) mass is 220 g/mol. The largest absolute Gasteiger partial charge is 0.385 e. The van der Waals surface area contributed by atoms with E-state index < -0.39 is 6.10 Å². The van der Waals surface area contributed by atoms with Crippen molar-refractivity contribution in [2.24, 2.45) is 0 Å². The molecule has 0 fully saturated rings. The van der Waals surface area contributed by atoms with Crippen LogP contribution in [0.25, 0.3) is 0 Å². The first-order valence-electron chi connectivity index (χ1n) is 5.81. The molecule has 88 valence electrons. The van der Waals surface area contributed by atoms with Crippen LogP contribution in [0.1, 0.15) is 49.6 Å². The second-order valence-electron chi connectivity index (χ2n) is 4.06. The van der Waals surface area contributed by atoms with Gasteiger partial charge in [-0.25, -0.2) is 9.97 Å². The van der Waals surface area contributed by atoms with E-state index >= 15 is 0 Å². The number of rotatable bonds is 7. The number of hydrogen-bond donors (Lipinski definition) is 1. The second kappa shape index (κ2) is 7.12. The quantitative estimate of drug-likeness (QED) is 0.567. The van der Waals surface area contributed by atoms with Crippen molar-refractivity contribution in [2.45, 2.75) is 45.1 Å². The summed E-state index contributed by atoms with van der Waals surface area (Å²) in [6, 6.07) is 0. The highest BCUT2D eigenvalue weighted by molar-refractivity contribution is 5.03. The van der Waals surface area contributed by atoms with Crippen LogP contribution in [0.4, 0.5) is 0 Å². The van der Waals surface area contributed by atoms with E-state index in [1.54, 1.807) is 12.4 Å². The van der Waals surface area contributed by atoms with E-state index in [9.17, 15) is 5.11 Å². The van der Waals surface area contributed by atoms with E-state index in [-0.39, 0.29) is 0 Å². The molecule has 0 aliphatic heterocycles. The van der Waals surface area contributed by atoms with Gasteiger partial charge < -0.3 is 5.11 Å². The number of aromatic nitrogens is 2. The summed E-state index contributed by atoms with van der Waals surface area (Å²) in [4.78, 5) is 8.23. The van der Waals surface area contributed by atoms with Crippen molar-refractivity contribution >= 4 is 0 Å². The van der Waals surface area contributed by atoms with Crippen molar-refractivity contribution in [3.05, 3.63) is 36.4 Å². The van der Waals surface area contributed by atoms with Gasteiger partial charge in [-0.2, -0.15) is 0 Å². The molecule has 1 aromatic heterocycles. The van der Waals surface area contributed by atoms with Crippen molar-refractivity contribution in [2.75, 3.05) is 0 Å². The molecule has 0 saturated heterocycles. The molecule has 0 amide bonds. The molecule has 0 aliphatic rings. The lowest BCUT2D eigenvalue weighted by molar-refractivity contribution is 0.153. The smallest absolute Gasteiger partial charge is 0.156 e. The van der Waals surface area contributed by atoms with Gasteiger partial charge in [-0.05, 0) is 31.7 Å². The van der Waals surface area contributed by atoms with E-state index in [2.05, 4.69) is 16.5 Å². The first-order chi connectivity index (χ1) is 7.74. The molecule has 0 spiro atoms. The Morgan fingerprint density at radius 1 is 1.31 bits per heavy atom. The van der Waals surface area contributed by atoms with Gasteiger partial charge in [-0.1, -0.05) is 18.9 Å². The van der Waals surface area contributed by atoms with E-state index in [1.165, 1.54) is 0 Å². The summed E-state index contributed by atoms with van der Waals surface area (Å²) in [5.41, 5.74) is 1.02. The molecule has 1 atom stereocenters. The maximum Gasteiger partial charge on any atom is 0.156 e. The molecule has 0 saturated carbocycles. The van der Waals surface area contributed by atoms with E-state index in [0.717, 1.165) is 37.7 Å². The third-order valence-corrected chi connectivity index (χ3v) is 2.48. The maximum atomic E-state index is 9.82. The van der Waals surface area contributed by atoms with Crippen LogP contribution in [0.3, 0.4) is 0 Å². The summed E-state index contributed by atoms with van der Waals surface area (Å²) < 4.78 is 0. The normalized spacial score (nSPS) is 12.4. The van der Waals surface area contributed by atoms with Crippen molar-refractivity contribution in [3.8, 4) is 0 Å². The maximum absolute atomic E-state index is 9.82. The Hall–Kier alpha value is -1.22. The standard InChI is InChI=1S/C13H20N2O/c1-3-4-5-6-7-8-12(16)13-14-9-11(2)10-15-13/h3,9-10,12,16H,1,4-8H2,2H3. The fraction of sp³-hybridized carbons (Fsp3) is 0.538. The summed E-state index contributed by atoms with van der Waals surface area (Å²) in [6.45, 7) is 5.62. The van der Waals surface area contributed by atoms with E-state index in [0.29, 0.717) is 5.82 Å². The Balaban J connectivity index is 2.26. The zero-order chi connectivity index (χ0) is 11.8. The Morgan fingerprint density at radius 3 is 2.62 bits per heavy atom. The van der Waals surface area contributed by atoms with Gasteiger partial charge in [0.2, 0.25) is 0 Å². The lowest BCUT2D eigenvalue weighted by Crippen LogP contribution is -2.03. The SMILES string of the molecule is C=CCCCCCC(O)c1ncc(C)cn1. The molecular formula is C13H20N2O. The molecule has 0 bridgehead atoms. The van der Waals surface area contributed by atoms with Crippen molar-refractivity contribution in [1.82, 2.24) is 9.97 Å². The molecule has 0 aliphatic carbocycles. The van der Waals surface area contributed by atoms with Gasteiger partial charge in [0.15, 0.2) is 5.82 Å². The lowest BCUT2D eigenvalue weighted by atomic mass is 10.1. The highest BCUT2D eigenvalue weighted by atomic mass is 16.3. The first-order valence-corrected chi connectivity index (χ1v) is 5.81. The number of unbranched alkanes of at least 4 members (excludes halogenated alkanes) is 3. The highest BCUT2D eigenvalue weighted by Crippen LogP contribution is 2.16. The predicted octanol–water partition coefficient (Wildman–Crippen LogP) is 2.95. The van der Waals surface area contributed by atoms with Gasteiger partial charge in [0.25, 0.3) is 0 Å². The van der Waals surface area contributed by atoms with Crippen molar-refractivity contribution in [1.29, 1.82) is 0 Å². The molecule has 1 N–H and O–H groups in total. The summed E-state index contributed by atoms with van der Waals surface area (Å²) in [5, 5.41) is 9.82. The Morgan fingerprint density at radius 2 is 2.00 bits per heavy atom. The van der Waals surface area contributed by atoms with Crippen LogP contribution in [-0.4, -0.2) is 15.1 Å². The minimum atomic E-state index is -0.524.